The Kier molecular flexibility index (Phi) is 8.08. The monoisotopic (exact) mass is 418 g/mol. The average molecular weight is 419 g/mol. The molecule has 0 aromatic heterocycles. The number of hydrogen-bond acceptors (Lipinski definition) is 4. The normalized spacial score (nSPS) is 12.3. The van der Waals surface area contributed by atoms with Crippen molar-refractivity contribution in [3.05, 3.63) is 59.7 Å². The van der Waals surface area contributed by atoms with Crippen LogP contribution in [0.15, 0.2) is 48.5 Å². The molecule has 1 N–H and O–H groups in total. The van der Waals surface area contributed by atoms with Crippen LogP contribution in [-0.4, -0.2) is 39.8 Å². The van der Waals surface area contributed by atoms with Crippen molar-refractivity contribution in [1.29, 1.82) is 0 Å². The van der Waals surface area contributed by atoms with Gasteiger partial charge in [-0.1, -0.05) is 24.3 Å². The van der Waals surface area contributed by atoms with Crippen LogP contribution in [0.5, 0.6) is 5.75 Å². The fraction of sp³-hybridized carbons (Fsp3) is 0.409. The van der Waals surface area contributed by atoms with E-state index in [4.69, 9.17) is 4.74 Å². The van der Waals surface area contributed by atoms with Gasteiger partial charge in [-0.15, -0.1) is 0 Å². The largest absolute Gasteiger partial charge is 0.491 e. The zero-order valence-electron chi connectivity index (χ0n) is 17.5. The molecule has 0 aliphatic rings. The first-order valence-electron chi connectivity index (χ1n) is 9.68. The lowest BCUT2D eigenvalue weighted by atomic mass is 10.1. The molecule has 0 saturated carbocycles. The molecule has 6 nitrogen and oxygen atoms in total. The molecule has 2 rings (SSSR count). The Bertz CT molecular complexity index is 893. The second kappa shape index (κ2) is 10.3. The molecule has 0 fully saturated rings. The molecule has 0 spiro atoms. The van der Waals surface area contributed by atoms with E-state index in [9.17, 15) is 13.2 Å². The van der Waals surface area contributed by atoms with Crippen molar-refractivity contribution in [3.8, 4) is 5.75 Å². The highest BCUT2D eigenvalue weighted by Crippen LogP contribution is 2.21. The molecule has 1 atom stereocenters. The molecule has 0 aliphatic carbocycles. The predicted molar refractivity (Wildman–Crippen MR) is 117 cm³/mol. The Morgan fingerprint density at radius 2 is 1.72 bits per heavy atom. The first-order valence-corrected chi connectivity index (χ1v) is 11.5. The summed E-state index contributed by atoms with van der Waals surface area (Å²) in [6, 6.07) is 15.0. The minimum atomic E-state index is -3.43. The number of nitrogens with zero attached hydrogens (tertiary/aromatic N) is 1. The van der Waals surface area contributed by atoms with Crippen LogP contribution in [0.3, 0.4) is 0 Å². The van der Waals surface area contributed by atoms with Crippen LogP contribution in [0.4, 0.5) is 5.69 Å². The van der Waals surface area contributed by atoms with Crippen LogP contribution in [0.25, 0.3) is 0 Å². The maximum atomic E-state index is 12.2. The van der Waals surface area contributed by atoms with Gasteiger partial charge in [-0.05, 0) is 62.6 Å². The molecule has 2 aromatic rings. The summed E-state index contributed by atoms with van der Waals surface area (Å²) in [5, 5.41) is 2.89. The third kappa shape index (κ3) is 7.77. The van der Waals surface area contributed by atoms with E-state index in [1.54, 1.807) is 0 Å². The van der Waals surface area contributed by atoms with E-state index in [0.29, 0.717) is 18.7 Å². The molecule has 0 bridgehead atoms. The van der Waals surface area contributed by atoms with E-state index >= 15 is 0 Å². The summed E-state index contributed by atoms with van der Waals surface area (Å²) < 4.78 is 31.5. The van der Waals surface area contributed by atoms with Crippen molar-refractivity contribution in [2.45, 2.75) is 39.7 Å². The van der Waals surface area contributed by atoms with Gasteiger partial charge in [0.05, 0.1) is 18.0 Å². The van der Waals surface area contributed by atoms with Crippen LogP contribution in [0.1, 0.15) is 30.9 Å². The molecule has 1 amide bonds. The number of aryl methyl sites for hydroxylation is 2. The number of carbonyl (C=O) groups excluding carboxylic acids is 1. The molecule has 0 radical (unpaired) electrons. The van der Waals surface area contributed by atoms with Gasteiger partial charge >= 0.3 is 0 Å². The van der Waals surface area contributed by atoms with E-state index in [2.05, 4.69) is 5.32 Å². The Hall–Kier alpha value is -2.54. The van der Waals surface area contributed by atoms with Gasteiger partial charge in [0.2, 0.25) is 15.9 Å². The second-order valence-corrected chi connectivity index (χ2v) is 9.28. The summed E-state index contributed by atoms with van der Waals surface area (Å²) in [5.74, 6) is 0.633. The first kappa shape index (κ1) is 22.7. The van der Waals surface area contributed by atoms with Gasteiger partial charge in [0.1, 0.15) is 12.4 Å². The summed E-state index contributed by atoms with van der Waals surface area (Å²) >= 11 is 0. The van der Waals surface area contributed by atoms with Crippen molar-refractivity contribution in [2.24, 2.45) is 0 Å². The Balaban J connectivity index is 1.84. The number of benzene rings is 2. The maximum absolute atomic E-state index is 12.2. The fourth-order valence-electron chi connectivity index (χ4n) is 3.09. The number of nitrogens with one attached hydrogen (secondary N) is 1. The highest BCUT2D eigenvalue weighted by molar-refractivity contribution is 7.92. The number of carbonyl (C=O) groups is 1. The molecule has 0 heterocycles. The van der Waals surface area contributed by atoms with Gasteiger partial charge in [0.25, 0.3) is 0 Å². The number of para-hydroxylation sites is 1. The minimum Gasteiger partial charge on any atom is -0.491 e. The van der Waals surface area contributed by atoms with Crippen molar-refractivity contribution in [1.82, 2.24) is 5.32 Å². The smallest absolute Gasteiger partial charge is 0.232 e. The van der Waals surface area contributed by atoms with E-state index < -0.39 is 10.0 Å². The van der Waals surface area contributed by atoms with Gasteiger partial charge in [-0.2, -0.15) is 0 Å². The maximum Gasteiger partial charge on any atom is 0.232 e. The highest BCUT2D eigenvalue weighted by Gasteiger charge is 2.18. The Morgan fingerprint density at radius 3 is 2.31 bits per heavy atom. The first-order chi connectivity index (χ1) is 13.6. The third-order valence-corrected chi connectivity index (χ3v) is 5.50. The SMILES string of the molecule is Cc1cc(C)cc(N(CCCC(=O)N[C@@H](C)COc2ccccc2)S(C)(=O)=O)c1. The summed E-state index contributed by atoms with van der Waals surface area (Å²) in [6.07, 6.45) is 1.86. The zero-order chi connectivity index (χ0) is 21.4. The summed E-state index contributed by atoms with van der Waals surface area (Å²) in [6.45, 7) is 6.36. The molecule has 2 aromatic carbocycles. The van der Waals surface area contributed by atoms with Crippen molar-refractivity contribution in [3.63, 3.8) is 0 Å². The summed E-state index contributed by atoms with van der Waals surface area (Å²) in [4.78, 5) is 12.2. The van der Waals surface area contributed by atoms with Crippen molar-refractivity contribution in [2.75, 3.05) is 23.7 Å². The number of amides is 1. The Morgan fingerprint density at radius 1 is 1.10 bits per heavy atom. The Labute approximate surface area is 173 Å². The molecular weight excluding hydrogens is 388 g/mol. The van der Waals surface area contributed by atoms with Gasteiger partial charge in [-0.3, -0.25) is 9.10 Å². The van der Waals surface area contributed by atoms with Crippen molar-refractivity contribution < 1.29 is 17.9 Å². The van der Waals surface area contributed by atoms with Gasteiger partial charge in [0, 0.05) is 13.0 Å². The van der Waals surface area contributed by atoms with Gasteiger partial charge in [0.15, 0.2) is 0 Å². The van der Waals surface area contributed by atoms with Crippen molar-refractivity contribution >= 4 is 21.6 Å². The number of sulfonamides is 1. The lowest BCUT2D eigenvalue weighted by Crippen LogP contribution is -2.37. The third-order valence-electron chi connectivity index (χ3n) is 4.31. The highest BCUT2D eigenvalue weighted by atomic mass is 32.2. The number of ether oxygens (including phenoxy) is 1. The predicted octanol–water partition coefficient (Wildman–Crippen LogP) is 3.43. The average Bonchev–Trinajstić information content (AvgIpc) is 2.62. The summed E-state index contributed by atoms with van der Waals surface area (Å²) in [5.41, 5.74) is 2.63. The van der Waals surface area contributed by atoms with Crippen LogP contribution < -0.4 is 14.4 Å². The standard InChI is InChI=1S/C22H30N2O4S/c1-17-13-18(2)15-20(14-17)24(29(4,26)27)12-8-11-22(25)23-19(3)16-28-21-9-6-5-7-10-21/h5-7,9-10,13-15,19H,8,11-12,16H2,1-4H3,(H,23,25)/t19-/m0/s1. The molecule has 158 valence electrons. The molecule has 0 aliphatic heterocycles. The topological polar surface area (TPSA) is 75.7 Å². The van der Waals surface area contributed by atoms with E-state index in [1.807, 2.05) is 69.3 Å². The number of anilines is 1. The summed E-state index contributed by atoms with van der Waals surface area (Å²) in [7, 11) is -3.43. The second-order valence-electron chi connectivity index (χ2n) is 7.38. The van der Waals surface area contributed by atoms with Crippen LogP contribution >= 0.6 is 0 Å². The molecule has 29 heavy (non-hydrogen) atoms. The van der Waals surface area contributed by atoms with E-state index in [0.717, 1.165) is 16.9 Å². The van der Waals surface area contributed by atoms with E-state index in [-0.39, 0.29) is 24.9 Å². The fourth-order valence-corrected chi connectivity index (χ4v) is 4.04. The van der Waals surface area contributed by atoms with Crippen LogP contribution in [-0.2, 0) is 14.8 Å². The number of rotatable bonds is 10. The molecule has 0 saturated heterocycles. The van der Waals surface area contributed by atoms with E-state index in [1.165, 1.54) is 10.6 Å². The zero-order valence-corrected chi connectivity index (χ0v) is 18.3. The lowest BCUT2D eigenvalue weighted by Gasteiger charge is -2.23. The van der Waals surface area contributed by atoms with Gasteiger partial charge in [-0.25, -0.2) is 8.42 Å². The lowest BCUT2D eigenvalue weighted by molar-refractivity contribution is -0.121. The van der Waals surface area contributed by atoms with Crippen LogP contribution in [0.2, 0.25) is 0 Å². The van der Waals surface area contributed by atoms with Gasteiger partial charge < -0.3 is 10.1 Å². The quantitative estimate of drug-likeness (QED) is 0.641. The number of hydrogen-bond donors (Lipinski definition) is 1. The van der Waals surface area contributed by atoms with Crippen LogP contribution in [0, 0.1) is 13.8 Å². The molecule has 7 heteroatoms. The molecular formula is C22H30N2O4S. The molecule has 0 unspecified atom stereocenters. The minimum absolute atomic E-state index is 0.122.